The van der Waals surface area contributed by atoms with E-state index in [0.717, 1.165) is 12.3 Å². The Hall–Kier alpha value is -1.16. The van der Waals surface area contributed by atoms with Crippen molar-refractivity contribution in [2.75, 3.05) is 12.3 Å². The highest BCUT2D eigenvalue weighted by Gasteiger charge is 2.17. The molecule has 0 unspecified atom stereocenters. The van der Waals surface area contributed by atoms with Gasteiger partial charge in [-0.2, -0.15) is 0 Å². The van der Waals surface area contributed by atoms with Crippen LogP contribution in [-0.2, 0) is 6.54 Å². The highest BCUT2D eigenvalue weighted by molar-refractivity contribution is 7.98. The molecule has 0 saturated carbocycles. The molecule has 0 radical (unpaired) electrons. The van der Waals surface area contributed by atoms with Crippen molar-refractivity contribution in [2.45, 2.75) is 6.54 Å². The third-order valence-electron chi connectivity index (χ3n) is 2.13. The molecule has 1 aliphatic heterocycles. The van der Waals surface area contributed by atoms with Crippen LogP contribution in [0.15, 0.2) is 30.3 Å². The SMILES string of the molecule is O=C1NSCCN1Cc1ccccc1. The standard InChI is InChI=1S/C10H12N2OS/c13-10-11-14-7-6-12(10)8-9-4-2-1-3-5-9/h1-5H,6-8H2,(H,11,13). The van der Waals surface area contributed by atoms with Gasteiger partial charge in [-0.3, -0.25) is 4.72 Å². The lowest BCUT2D eigenvalue weighted by Crippen LogP contribution is -2.42. The molecule has 4 heteroatoms. The van der Waals surface area contributed by atoms with Gasteiger partial charge in [-0.05, 0) is 17.5 Å². The molecule has 1 aliphatic rings. The smallest absolute Gasteiger partial charge is 0.319 e. The topological polar surface area (TPSA) is 32.3 Å². The largest absolute Gasteiger partial charge is 0.327 e. The van der Waals surface area contributed by atoms with Crippen molar-refractivity contribution in [2.24, 2.45) is 0 Å². The summed E-state index contributed by atoms with van der Waals surface area (Å²) in [6.07, 6.45) is 0. The predicted molar refractivity (Wildman–Crippen MR) is 57.8 cm³/mol. The Kier molecular flexibility index (Phi) is 2.93. The second-order valence-corrected chi connectivity index (χ2v) is 4.06. The molecule has 0 atom stereocenters. The summed E-state index contributed by atoms with van der Waals surface area (Å²) in [6, 6.07) is 10.1. The van der Waals surface area contributed by atoms with Crippen molar-refractivity contribution < 1.29 is 4.79 Å². The second kappa shape index (κ2) is 4.37. The summed E-state index contributed by atoms with van der Waals surface area (Å²) in [5, 5.41) is 0. The Morgan fingerprint density at radius 2 is 2.14 bits per heavy atom. The van der Waals surface area contributed by atoms with Crippen LogP contribution in [0, 0.1) is 0 Å². The first-order chi connectivity index (χ1) is 6.86. The van der Waals surface area contributed by atoms with Crippen molar-refractivity contribution in [3.63, 3.8) is 0 Å². The predicted octanol–water partition coefficient (Wildman–Crippen LogP) is 1.86. The number of urea groups is 1. The van der Waals surface area contributed by atoms with Crippen LogP contribution in [0.2, 0.25) is 0 Å². The number of hydrogen-bond acceptors (Lipinski definition) is 2. The first-order valence-corrected chi connectivity index (χ1v) is 5.55. The van der Waals surface area contributed by atoms with Gasteiger partial charge in [0.05, 0.1) is 0 Å². The van der Waals surface area contributed by atoms with Crippen LogP contribution in [0.25, 0.3) is 0 Å². The Balaban J connectivity index is 2.00. The maximum absolute atomic E-state index is 11.4. The molecule has 74 valence electrons. The number of amides is 2. The lowest BCUT2D eigenvalue weighted by Gasteiger charge is -2.26. The number of hydrogen-bond donors (Lipinski definition) is 1. The fourth-order valence-corrected chi connectivity index (χ4v) is 2.06. The summed E-state index contributed by atoms with van der Waals surface area (Å²) in [5.74, 6) is 0.957. The normalized spacial score (nSPS) is 16.6. The first kappa shape index (κ1) is 9.40. The Labute approximate surface area is 87.6 Å². The van der Waals surface area contributed by atoms with E-state index in [9.17, 15) is 4.79 Å². The van der Waals surface area contributed by atoms with Crippen LogP contribution in [-0.4, -0.2) is 23.2 Å². The molecule has 1 aromatic rings. The number of carbonyl (C=O) groups is 1. The number of nitrogens with zero attached hydrogens (tertiary/aromatic N) is 1. The molecule has 2 amide bonds. The summed E-state index contributed by atoms with van der Waals surface area (Å²) < 4.78 is 2.76. The van der Waals surface area contributed by atoms with Crippen LogP contribution >= 0.6 is 11.9 Å². The summed E-state index contributed by atoms with van der Waals surface area (Å²) in [5.41, 5.74) is 1.18. The third-order valence-corrected chi connectivity index (χ3v) is 2.83. The van der Waals surface area contributed by atoms with Crippen molar-refractivity contribution in [1.29, 1.82) is 0 Å². The van der Waals surface area contributed by atoms with Gasteiger partial charge < -0.3 is 4.90 Å². The molecule has 1 heterocycles. The zero-order valence-electron chi connectivity index (χ0n) is 7.77. The van der Waals surface area contributed by atoms with Crippen LogP contribution in [0.1, 0.15) is 5.56 Å². The maximum Gasteiger partial charge on any atom is 0.327 e. The van der Waals surface area contributed by atoms with E-state index in [1.165, 1.54) is 17.5 Å². The Morgan fingerprint density at radius 1 is 1.36 bits per heavy atom. The van der Waals surface area contributed by atoms with E-state index in [1.807, 2.05) is 35.2 Å². The minimum Gasteiger partial charge on any atom is -0.319 e. The lowest BCUT2D eigenvalue weighted by molar-refractivity contribution is 0.203. The molecule has 1 N–H and O–H groups in total. The number of benzene rings is 1. The van der Waals surface area contributed by atoms with Crippen LogP contribution in [0.3, 0.4) is 0 Å². The zero-order chi connectivity index (χ0) is 9.80. The quantitative estimate of drug-likeness (QED) is 0.752. The molecule has 0 spiro atoms. The van der Waals surface area contributed by atoms with E-state index in [1.54, 1.807) is 0 Å². The number of nitrogens with one attached hydrogen (secondary N) is 1. The molecular weight excluding hydrogens is 196 g/mol. The second-order valence-electron chi connectivity index (χ2n) is 3.16. The minimum atomic E-state index is 0.0186. The van der Waals surface area contributed by atoms with E-state index < -0.39 is 0 Å². The highest BCUT2D eigenvalue weighted by Crippen LogP contribution is 2.10. The van der Waals surface area contributed by atoms with Gasteiger partial charge in [-0.25, -0.2) is 4.79 Å². The molecule has 14 heavy (non-hydrogen) atoms. The molecule has 1 aromatic carbocycles. The summed E-state index contributed by atoms with van der Waals surface area (Å²) in [6.45, 7) is 1.53. The van der Waals surface area contributed by atoms with Gasteiger partial charge in [0.25, 0.3) is 0 Å². The molecule has 0 aliphatic carbocycles. The van der Waals surface area contributed by atoms with Gasteiger partial charge in [0, 0.05) is 18.8 Å². The Morgan fingerprint density at radius 3 is 2.86 bits per heavy atom. The lowest BCUT2D eigenvalue weighted by atomic mass is 10.2. The zero-order valence-corrected chi connectivity index (χ0v) is 8.59. The Bertz CT molecular complexity index is 315. The van der Waals surface area contributed by atoms with Gasteiger partial charge in [0.1, 0.15) is 0 Å². The average Bonchev–Trinajstić information content (AvgIpc) is 2.23. The summed E-state index contributed by atoms with van der Waals surface area (Å²) in [4.78, 5) is 13.2. The highest BCUT2D eigenvalue weighted by atomic mass is 32.2. The number of carbonyl (C=O) groups excluding carboxylic acids is 1. The van der Waals surface area contributed by atoms with E-state index in [2.05, 4.69) is 4.72 Å². The van der Waals surface area contributed by atoms with E-state index >= 15 is 0 Å². The van der Waals surface area contributed by atoms with Gasteiger partial charge in [-0.15, -0.1) is 0 Å². The van der Waals surface area contributed by atoms with Gasteiger partial charge >= 0.3 is 6.03 Å². The van der Waals surface area contributed by atoms with E-state index in [-0.39, 0.29) is 6.03 Å². The molecular formula is C10H12N2OS. The third kappa shape index (κ3) is 2.20. The maximum atomic E-state index is 11.4. The fraction of sp³-hybridized carbons (Fsp3) is 0.300. The van der Waals surface area contributed by atoms with Crippen molar-refractivity contribution in [3.05, 3.63) is 35.9 Å². The van der Waals surface area contributed by atoms with E-state index in [4.69, 9.17) is 0 Å². The first-order valence-electron chi connectivity index (χ1n) is 4.57. The molecule has 1 saturated heterocycles. The summed E-state index contributed by atoms with van der Waals surface area (Å²) >= 11 is 1.48. The van der Waals surface area contributed by atoms with Crippen LogP contribution in [0.5, 0.6) is 0 Å². The van der Waals surface area contributed by atoms with Crippen molar-refractivity contribution in [3.8, 4) is 0 Å². The molecule has 1 fully saturated rings. The minimum absolute atomic E-state index is 0.0186. The average molecular weight is 208 g/mol. The van der Waals surface area contributed by atoms with Crippen molar-refractivity contribution >= 4 is 18.0 Å². The molecule has 2 rings (SSSR count). The fourth-order valence-electron chi connectivity index (χ4n) is 1.39. The monoisotopic (exact) mass is 208 g/mol. The van der Waals surface area contributed by atoms with E-state index in [0.29, 0.717) is 6.54 Å². The molecule has 0 aromatic heterocycles. The molecule has 3 nitrogen and oxygen atoms in total. The van der Waals surface area contributed by atoms with Crippen LogP contribution < -0.4 is 4.72 Å². The van der Waals surface area contributed by atoms with Crippen molar-refractivity contribution in [1.82, 2.24) is 9.62 Å². The van der Waals surface area contributed by atoms with Gasteiger partial charge in [0.2, 0.25) is 0 Å². The van der Waals surface area contributed by atoms with Gasteiger partial charge in [-0.1, -0.05) is 30.3 Å². The number of rotatable bonds is 2. The van der Waals surface area contributed by atoms with Crippen LogP contribution in [0.4, 0.5) is 4.79 Å². The summed E-state index contributed by atoms with van der Waals surface area (Å²) in [7, 11) is 0. The molecule has 0 bridgehead atoms. The van der Waals surface area contributed by atoms with Gasteiger partial charge in [0.15, 0.2) is 0 Å².